The van der Waals surface area contributed by atoms with Crippen molar-refractivity contribution in [1.82, 2.24) is 10.4 Å². The molecular formula is C14H22N2O2. The number of hydrogen-bond donors (Lipinski definition) is 2. The molecule has 1 heterocycles. The lowest BCUT2D eigenvalue weighted by molar-refractivity contribution is 0.00446. The highest BCUT2D eigenvalue weighted by Crippen LogP contribution is 2.12. The van der Waals surface area contributed by atoms with Crippen LogP contribution in [0.15, 0.2) is 24.3 Å². The molecule has 2 rings (SSSR count). The first-order valence-corrected chi connectivity index (χ1v) is 6.61. The molecule has 1 aliphatic rings. The quantitative estimate of drug-likeness (QED) is 0.832. The molecule has 1 aromatic rings. The third-order valence-corrected chi connectivity index (χ3v) is 3.22. The first-order valence-electron chi connectivity index (χ1n) is 6.61. The summed E-state index contributed by atoms with van der Waals surface area (Å²) < 4.78 is 5.32. The van der Waals surface area contributed by atoms with Crippen molar-refractivity contribution in [1.29, 1.82) is 0 Å². The Morgan fingerprint density at radius 2 is 1.94 bits per heavy atom. The minimum absolute atomic E-state index is 0.332. The number of ether oxygens (including phenoxy) is 1. The number of aryl methyl sites for hydroxylation is 1. The van der Waals surface area contributed by atoms with Gasteiger partial charge in [-0.05, 0) is 37.5 Å². The maximum absolute atomic E-state index is 9.22. The van der Waals surface area contributed by atoms with Crippen LogP contribution in [0.3, 0.4) is 0 Å². The Morgan fingerprint density at radius 1 is 1.28 bits per heavy atom. The average molecular weight is 250 g/mol. The van der Waals surface area contributed by atoms with Gasteiger partial charge in [0.15, 0.2) is 0 Å². The highest BCUT2D eigenvalue weighted by atomic mass is 16.5. The van der Waals surface area contributed by atoms with Crippen LogP contribution in [-0.4, -0.2) is 42.5 Å². The van der Waals surface area contributed by atoms with E-state index in [4.69, 9.17) is 4.74 Å². The second kappa shape index (κ2) is 6.73. The monoisotopic (exact) mass is 250 g/mol. The van der Waals surface area contributed by atoms with Crippen molar-refractivity contribution in [3.05, 3.63) is 29.8 Å². The normalized spacial score (nSPS) is 18.7. The number of morpholine rings is 1. The maximum atomic E-state index is 9.22. The number of aromatic hydroxyl groups is 1. The lowest BCUT2D eigenvalue weighted by Crippen LogP contribution is -2.49. The SMILES string of the molecule is CC(CCc1ccc(O)cc1)NN1CCOCC1. The van der Waals surface area contributed by atoms with Gasteiger partial charge in [0.25, 0.3) is 0 Å². The van der Waals surface area contributed by atoms with Crippen molar-refractivity contribution in [3.63, 3.8) is 0 Å². The predicted molar refractivity (Wildman–Crippen MR) is 71.4 cm³/mol. The van der Waals surface area contributed by atoms with Gasteiger partial charge < -0.3 is 9.84 Å². The molecule has 4 nitrogen and oxygen atoms in total. The standard InChI is InChI=1S/C14H22N2O2/c1-12(15-16-8-10-18-11-9-16)2-3-13-4-6-14(17)7-5-13/h4-7,12,15,17H,2-3,8-11H2,1H3. The van der Waals surface area contributed by atoms with Gasteiger partial charge in [-0.3, -0.25) is 5.43 Å². The van der Waals surface area contributed by atoms with Crippen LogP contribution in [0.4, 0.5) is 0 Å². The van der Waals surface area contributed by atoms with E-state index in [0.717, 1.165) is 39.1 Å². The largest absolute Gasteiger partial charge is 0.508 e. The first-order chi connectivity index (χ1) is 8.74. The number of nitrogens with zero attached hydrogens (tertiary/aromatic N) is 1. The number of hydrazine groups is 1. The fourth-order valence-electron chi connectivity index (χ4n) is 2.11. The summed E-state index contributed by atoms with van der Waals surface area (Å²) in [7, 11) is 0. The topological polar surface area (TPSA) is 44.7 Å². The molecule has 0 aliphatic carbocycles. The molecule has 2 N–H and O–H groups in total. The van der Waals surface area contributed by atoms with Crippen molar-refractivity contribution >= 4 is 0 Å². The number of phenols is 1. The van der Waals surface area contributed by atoms with Crippen LogP contribution in [0.1, 0.15) is 18.9 Å². The molecule has 1 unspecified atom stereocenters. The Labute approximate surface area is 109 Å². The zero-order valence-electron chi connectivity index (χ0n) is 10.9. The molecule has 18 heavy (non-hydrogen) atoms. The number of nitrogens with one attached hydrogen (secondary N) is 1. The zero-order valence-corrected chi connectivity index (χ0v) is 10.9. The molecule has 0 saturated carbocycles. The van der Waals surface area contributed by atoms with Gasteiger partial charge >= 0.3 is 0 Å². The summed E-state index contributed by atoms with van der Waals surface area (Å²) in [6.07, 6.45) is 2.11. The highest BCUT2D eigenvalue weighted by molar-refractivity contribution is 5.25. The fourth-order valence-corrected chi connectivity index (χ4v) is 2.11. The van der Waals surface area contributed by atoms with Crippen molar-refractivity contribution in [2.24, 2.45) is 0 Å². The number of hydrogen-bond acceptors (Lipinski definition) is 4. The third kappa shape index (κ3) is 4.29. The maximum Gasteiger partial charge on any atom is 0.115 e. The van der Waals surface area contributed by atoms with E-state index in [1.54, 1.807) is 12.1 Å². The number of phenolic OH excluding ortho intramolecular Hbond substituents is 1. The van der Waals surface area contributed by atoms with Crippen molar-refractivity contribution < 1.29 is 9.84 Å². The molecule has 0 aromatic heterocycles. The van der Waals surface area contributed by atoms with E-state index < -0.39 is 0 Å². The van der Waals surface area contributed by atoms with E-state index in [2.05, 4.69) is 17.4 Å². The summed E-state index contributed by atoms with van der Waals surface area (Å²) in [4.78, 5) is 0. The molecular weight excluding hydrogens is 228 g/mol. The van der Waals surface area contributed by atoms with Crippen molar-refractivity contribution in [3.8, 4) is 5.75 Å². The van der Waals surface area contributed by atoms with Gasteiger partial charge in [0.1, 0.15) is 5.75 Å². The summed E-state index contributed by atoms with van der Waals surface area (Å²) in [6.45, 7) is 5.76. The molecule has 1 atom stereocenters. The van der Waals surface area contributed by atoms with Crippen molar-refractivity contribution in [2.75, 3.05) is 26.3 Å². The minimum atomic E-state index is 0.332. The van der Waals surface area contributed by atoms with Crippen LogP contribution < -0.4 is 5.43 Å². The van der Waals surface area contributed by atoms with Crippen LogP contribution >= 0.6 is 0 Å². The Hall–Kier alpha value is -1.10. The molecule has 100 valence electrons. The summed E-state index contributed by atoms with van der Waals surface area (Å²) >= 11 is 0. The lowest BCUT2D eigenvalue weighted by Gasteiger charge is -2.30. The molecule has 0 spiro atoms. The van der Waals surface area contributed by atoms with Crippen LogP contribution in [0.5, 0.6) is 5.75 Å². The van der Waals surface area contributed by atoms with Gasteiger partial charge in [-0.25, -0.2) is 5.01 Å². The Morgan fingerprint density at radius 3 is 2.61 bits per heavy atom. The second-order valence-electron chi connectivity index (χ2n) is 4.83. The molecule has 1 saturated heterocycles. The van der Waals surface area contributed by atoms with E-state index in [0.29, 0.717) is 11.8 Å². The number of rotatable bonds is 5. The Kier molecular flexibility index (Phi) is 4.99. The van der Waals surface area contributed by atoms with Gasteiger partial charge in [-0.2, -0.15) is 0 Å². The summed E-state index contributed by atoms with van der Waals surface area (Å²) in [5, 5.41) is 11.5. The fraction of sp³-hybridized carbons (Fsp3) is 0.571. The van der Waals surface area contributed by atoms with Gasteiger partial charge in [0.2, 0.25) is 0 Å². The van der Waals surface area contributed by atoms with E-state index in [1.165, 1.54) is 5.56 Å². The predicted octanol–water partition coefficient (Wildman–Crippen LogP) is 1.55. The van der Waals surface area contributed by atoms with E-state index in [-0.39, 0.29) is 0 Å². The molecule has 1 aliphatic heterocycles. The van der Waals surface area contributed by atoms with Crippen LogP contribution in [0.2, 0.25) is 0 Å². The molecule has 1 fully saturated rings. The van der Waals surface area contributed by atoms with Crippen LogP contribution in [-0.2, 0) is 11.2 Å². The Balaban J connectivity index is 1.70. The zero-order chi connectivity index (χ0) is 12.8. The average Bonchev–Trinajstić information content (AvgIpc) is 2.39. The Bertz CT molecular complexity index is 347. The summed E-state index contributed by atoms with van der Waals surface area (Å²) in [5.41, 5.74) is 4.77. The molecule has 0 radical (unpaired) electrons. The van der Waals surface area contributed by atoms with Crippen LogP contribution in [0, 0.1) is 0 Å². The van der Waals surface area contributed by atoms with Gasteiger partial charge in [-0.15, -0.1) is 0 Å². The second-order valence-corrected chi connectivity index (χ2v) is 4.83. The number of benzene rings is 1. The van der Waals surface area contributed by atoms with Crippen LogP contribution in [0.25, 0.3) is 0 Å². The van der Waals surface area contributed by atoms with Gasteiger partial charge in [-0.1, -0.05) is 12.1 Å². The summed E-state index contributed by atoms with van der Waals surface area (Å²) in [5.74, 6) is 0.332. The van der Waals surface area contributed by atoms with E-state index in [9.17, 15) is 5.11 Å². The lowest BCUT2D eigenvalue weighted by atomic mass is 10.1. The van der Waals surface area contributed by atoms with Gasteiger partial charge in [0, 0.05) is 19.1 Å². The first kappa shape index (κ1) is 13.3. The third-order valence-electron chi connectivity index (χ3n) is 3.22. The minimum Gasteiger partial charge on any atom is -0.508 e. The molecule has 4 heteroatoms. The molecule has 1 aromatic carbocycles. The van der Waals surface area contributed by atoms with E-state index in [1.807, 2.05) is 12.1 Å². The molecule has 0 amide bonds. The highest BCUT2D eigenvalue weighted by Gasteiger charge is 2.12. The van der Waals surface area contributed by atoms with Crippen molar-refractivity contribution in [2.45, 2.75) is 25.8 Å². The van der Waals surface area contributed by atoms with E-state index >= 15 is 0 Å². The smallest absolute Gasteiger partial charge is 0.115 e. The van der Waals surface area contributed by atoms with Gasteiger partial charge in [0.05, 0.1) is 13.2 Å². The molecule has 0 bridgehead atoms. The summed E-state index contributed by atoms with van der Waals surface area (Å²) in [6, 6.07) is 7.91.